The molecule has 0 spiro atoms. The predicted molar refractivity (Wildman–Crippen MR) is 109 cm³/mol. The number of nitrogens with one attached hydrogen (secondary N) is 1. The number of rotatable bonds is 4. The number of halogens is 1. The van der Waals surface area contributed by atoms with E-state index in [1.807, 2.05) is 6.92 Å². The van der Waals surface area contributed by atoms with Gasteiger partial charge in [0.25, 0.3) is 5.56 Å². The molecule has 28 heavy (non-hydrogen) atoms. The zero-order valence-corrected chi connectivity index (χ0v) is 16.9. The van der Waals surface area contributed by atoms with Crippen LogP contribution in [0.15, 0.2) is 33.9 Å². The summed E-state index contributed by atoms with van der Waals surface area (Å²) in [6, 6.07) is 6.35. The number of aromatic hydroxyl groups is 1. The highest BCUT2D eigenvalue weighted by Gasteiger charge is 2.28. The van der Waals surface area contributed by atoms with Gasteiger partial charge in [0.2, 0.25) is 5.91 Å². The van der Waals surface area contributed by atoms with Gasteiger partial charge in [-0.1, -0.05) is 50.3 Å². The molecule has 0 unspecified atom stereocenters. The number of hydrogen-bond acceptors (Lipinski definition) is 4. The second-order valence-corrected chi connectivity index (χ2v) is 7.30. The smallest absolute Gasteiger partial charge is 0.332 e. The normalized spacial score (nSPS) is 10.9. The molecule has 0 fully saturated rings. The Morgan fingerprint density at radius 3 is 2.61 bits per heavy atom. The number of phenolic OH excluding ortho intramolecular Hbond substituents is 1. The first-order chi connectivity index (χ1) is 13.1. The predicted octanol–water partition coefficient (Wildman–Crippen LogP) is 2.33. The molecule has 1 aromatic heterocycles. The fourth-order valence-corrected chi connectivity index (χ4v) is 2.49. The van der Waals surface area contributed by atoms with Gasteiger partial charge in [-0.25, -0.2) is 4.79 Å². The standard InChI is InChI=1S/C20H22ClN3O4/c1-5-20(2,3)18(27)22-15-16(21)24(19(28)23(4)17(15)26)11-7-9-13-8-6-10-14(25)12-13/h6,8,10,12,25H,5,11H2,1-4H3,(H,22,27). The van der Waals surface area contributed by atoms with Gasteiger partial charge in [-0.05, 0) is 24.6 Å². The van der Waals surface area contributed by atoms with E-state index in [4.69, 9.17) is 11.6 Å². The molecule has 2 N–H and O–H groups in total. The largest absolute Gasteiger partial charge is 0.508 e. The zero-order chi connectivity index (χ0) is 21.1. The average molecular weight is 404 g/mol. The molecule has 2 rings (SSSR count). The van der Waals surface area contributed by atoms with Crippen molar-refractivity contribution in [2.45, 2.75) is 33.7 Å². The number of amides is 1. The van der Waals surface area contributed by atoms with Gasteiger partial charge in [-0.2, -0.15) is 0 Å². The third kappa shape index (κ3) is 4.46. The third-order valence-electron chi connectivity index (χ3n) is 4.53. The lowest BCUT2D eigenvalue weighted by Crippen LogP contribution is -2.41. The van der Waals surface area contributed by atoms with E-state index in [2.05, 4.69) is 17.2 Å². The highest BCUT2D eigenvalue weighted by atomic mass is 35.5. The topological polar surface area (TPSA) is 93.3 Å². The number of phenols is 1. The molecule has 0 atom stereocenters. The minimum absolute atomic E-state index is 0.0765. The maximum atomic E-state index is 12.5. The summed E-state index contributed by atoms with van der Waals surface area (Å²) in [7, 11) is 1.31. The van der Waals surface area contributed by atoms with E-state index in [9.17, 15) is 19.5 Å². The molecule has 8 heteroatoms. The molecule has 0 saturated heterocycles. The molecule has 1 aromatic carbocycles. The summed E-state index contributed by atoms with van der Waals surface area (Å²) < 4.78 is 1.98. The van der Waals surface area contributed by atoms with Gasteiger partial charge in [-0.15, -0.1) is 0 Å². The molecular weight excluding hydrogens is 382 g/mol. The van der Waals surface area contributed by atoms with Crippen LogP contribution in [0.3, 0.4) is 0 Å². The van der Waals surface area contributed by atoms with Crippen molar-refractivity contribution in [2.75, 3.05) is 5.32 Å². The average Bonchev–Trinajstić information content (AvgIpc) is 2.66. The van der Waals surface area contributed by atoms with Crippen LogP contribution in [0.2, 0.25) is 5.15 Å². The third-order valence-corrected chi connectivity index (χ3v) is 4.93. The Bertz CT molecular complexity index is 1090. The molecule has 0 radical (unpaired) electrons. The van der Waals surface area contributed by atoms with E-state index in [0.29, 0.717) is 12.0 Å². The minimum Gasteiger partial charge on any atom is -0.508 e. The van der Waals surface area contributed by atoms with Crippen molar-refractivity contribution in [3.05, 3.63) is 55.8 Å². The molecule has 2 aromatic rings. The van der Waals surface area contributed by atoms with Crippen LogP contribution in [0.25, 0.3) is 0 Å². The fourth-order valence-electron chi connectivity index (χ4n) is 2.23. The summed E-state index contributed by atoms with van der Waals surface area (Å²) >= 11 is 6.26. The summed E-state index contributed by atoms with van der Waals surface area (Å²) in [6.45, 7) is 5.26. The summed E-state index contributed by atoms with van der Waals surface area (Å²) in [5.41, 5.74) is -1.63. The molecule has 1 amide bonds. The minimum atomic E-state index is -0.704. The van der Waals surface area contributed by atoms with E-state index in [1.165, 1.54) is 19.2 Å². The molecule has 0 saturated carbocycles. The van der Waals surface area contributed by atoms with Gasteiger partial charge in [0.05, 0.1) is 6.54 Å². The van der Waals surface area contributed by atoms with Crippen LogP contribution in [-0.2, 0) is 18.4 Å². The number of anilines is 1. The van der Waals surface area contributed by atoms with Gasteiger partial charge in [-0.3, -0.25) is 18.7 Å². The first kappa shape index (κ1) is 21.3. The van der Waals surface area contributed by atoms with Crippen molar-refractivity contribution in [1.82, 2.24) is 9.13 Å². The Kier molecular flexibility index (Phi) is 6.37. The van der Waals surface area contributed by atoms with Crippen molar-refractivity contribution in [3.63, 3.8) is 0 Å². The molecule has 1 heterocycles. The van der Waals surface area contributed by atoms with E-state index in [1.54, 1.807) is 26.0 Å². The van der Waals surface area contributed by atoms with Crippen LogP contribution in [0.5, 0.6) is 5.75 Å². The lowest BCUT2D eigenvalue weighted by atomic mass is 9.89. The lowest BCUT2D eigenvalue weighted by Gasteiger charge is -2.22. The van der Waals surface area contributed by atoms with Crippen molar-refractivity contribution >= 4 is 23.2 Å². The molecule has 0 aliphatic carbocycles. The van der Waals surface area contributed by atoms with Crippen LogP contribution in [0.1, 0.15) is 32.8 Å². The Morgan fingerprint density at radius 2 is 2.00 bits per heavy atom. The van der Waals surface area contributed by atoms with Crippen molar-refractivity contribution in [2.24, 2.45) is 12.5 Å². The summed E-state index contributed by atoms with van der Waals surface area (Å²) in [6.07, 6.45) is 0.561. The van der Waals surface area contributed by atoms with E-state index < -0.39 is 16.7 Å². The van der Waals surface area contributed by atoms with E-state index in [-0.39, 0.29) is 29.0 Å². The quantitative estimate of drug-likeness (QED) is 0.605. The second-order valence-electron chi connectivity index (χ2n) is 6.94. The SMILES string of the molecule is CCC(C)(C)C(=O)Nc1c(Cl)n(CC#Cc2cccc(O)c2)c(=O)n(C)c1=O. The number of hydrogen-bond donors (Lipinski definition) is 2. The van der Waals surface area contributed by atoms with Gasteiger partial charge in [0.1, 0.15) is 16.6 Å². The monoisotopic (exact) mass is 403 g/mol. The van der Waals surface area contributed by atoms with E-state index >= 15 is 0 Å². The molecule has 0 bridgehead atoms. The second kappa shape index (κ2) is 8.36. The van der Waals surface area contributed by atoms with Gasteiger partial charge in [0, 0.05) is 18.0 Å². The first-order valence-corrected chi connectivity index (χ1v) is 9.05. The highest BCUT2D eigenvalue weighted by molar-refractivity contribution is 6.32. The van der Waals surface area contributed by atoms with Crippen LogP contribution in [0.4, 0.5) is 5.69 Å². The molecule has 0 aliphatic rings. The lowest BCUT2D eigenvalue weighted by molar-refractivity contribution is -0.124. The Balaban J connectivity index is 2.44. The fraction of sp³-hybridized carbons (Fsp3) is 0.350. The number of nitrogens with zero attached hydrogens (tertiary/aromatic N) is 2. The number of carbonyl (C=O) groups excluding carboxylic acids is 1. The van der Waals surface area contributed by atoms with Crippen LogP contribution >= 0.6 is 11.6 Å². The van der Waals surface area contributed by atoms with Gasteiger partial charge < -0.3 is 10.4 Å². The number of benzene rings is 1. The van der Waals surface area contributed by atoms with Crippen molar-refractivity contribution < 1.29 is 9.90 Å². The maximum absolute atomic E-state index is 12.5. The van der Waals surface area contributed by atoms with Crippen LogP contribution in [0, 0.1) is 17.3 Å². The molecule has 7 nitrogen and oxygen atoms in total. The van der Waals surface area contributed by atoms with Gasteiger partial charge >= 0.3 is 5.69 Å². The number of aromatic nitrogens is 2. The summed E-state index contributed by atoms with van der Waals surface area (Å²) in [4.78, 5) is 37.3. The van der Waals surface area contributed by atoms with Crippen LogP contribution in [-0.4, -0.2) is 20.1 Å². The maximum Gasteiger partial charge on any atom is 0.332 e. The Morgan fingerprint density at radius 1 is 1.32 bits per heavy atom. The molecular formula is C20H22ClN3O4. The van der Waals surface area contributed by atoms with Gasteiger partial charge in [0.15, 0.2) is 0 Å². The van der Waals surface area contributed by atoms with Crippen molar-refractivity contribution in [1.29, 1.82) is 0 Å². The van der Waals surface area contributed by atoms with Crippen LogP contribution < -0.4 is 16.6 Å². The molecule has 148 valence electrons. The zero-order valence-electron chi connectivity index (χ0n) is 16.2. The van der Waals surface area contributed by atoms with E-state index in [0.717, 1.165) is 9.13 Å². The Labute approximate surface area is 167 Å². The Hall–Kier alpha value is -2.98. The summed E-state index contributed by atoms with van der Waals surface area (Å²) in [5, 5.41) is 11.8. The highest BCUT2D eigenvalue weighted by Crippen LogP contribution is 2.23. The number of carbonyl (C=O) groups is 1. The summed E-state index contributed by atoms with van der Waals surface area (Å²) in [5.74, 6) is 5.30. The van der Waals surface area contributed by atoms with Crippen molar-refractivity contribution in [3.8, 4) is 17.6 Å². The first-order valence-electron chi connectivity index (χ1n) is 8.67. The molecule has 0 aliphatic heterocycles.